The molecule has 2 aromatic rings. The summed E-state index contributed by atoms with van der Waals surface area (Å²) in [6.45, 7) is 7.44. The zero-order chi connectivity index (χ0) is 22.2. The van der Waals surface area contributed by atoms with Crippen LogP contribution >= 0.6 is 11.3 Å². The van der Waals surface area contributed by atoms with Crippen LogP contribution in [-0.2, 0) is 22.6 Å². The lowest BCUT2D eigenvalue weighted by Gasteiger charge is -2.34. The predicted molar refractivity (Wildman–Crippen MR) is 122 cm³/mol. The number of nitrogens with zero attached hydrogens (tertiary/aromatic N) is 3. The fraction of sp³-hybridized carbons (Fsp3) is 0.500. The fourth-order valence-electron chi connectivity index (χ4n) is 3.61. The number of aromatic nitrogens is 1. The summed E-state index contributed by atoms with van der Waals surface area (Å²) in [6, 6.07) is 9.56. The standard InChI is InChI=1S/C22H31N5O3S/c1-16-11-27(12-17(2)30-16)14-19-15-31-21(24-19)25-20(28)9-10-23-22(29)26(3)13-18-7-5-4-6-8-18/h4-8,15-17H,9-14H2,1-3H3,(H,23,29)(H,24,25,28). The maximum absolute atomic E-state index is 12.2. The van der Waals surface area contributed by atoms with Crippen LogP contribution in [0.2, 0.25) is 0 Å². The number of hydrogen-bond acceptors (Lipinski definition) is 6. The summed E-state index contributed by atoms with van der Waals surface area (Å²) in [7, 11) is 1.73. The van der Waals surface area contributed by atoms with Gasteiger partial charge in [0, 0.05) is 51.6 Å². The Morgan fingerprint density at radius 2 is 1.94 bits per heavy atom. The third-order valence-electron chi connectivity index (χ3n) is 4.92. The highest BCUT2D eigenvalue weighted by Crippen LogP contribution is 2.19. The maximum atomic E-state index is 12.2. The van der Waals surface area contributed by atoms with E-state index in [0.29, 0.717) is 11.7 Å². The Morgan fingerprint density at radius 1 is 1.23 bits per heavy atom. The number of anilines is 1. The van der Waals surface area contributed by atoms with Crippen LogP contribution in [0.25, 0.3) is 0 Å². The van der Waals surface area contributed by atoms with Gasteiger partial charge in [-0.1, -0.05) is 30.3 Å². The molecular weight excluding hydrogens is 414 g/mol. The van der Waals surface area contributed by atoms with Crippen LogP contribution in [0.1, 0.15) is 31.5 Å². The van der Waals surface area contributed by atoms with Gasteiger partial charge in [-0.25, -0.2) is 9.78 Å². The minimum absolute atomic E-state index is 0.166. The normalized spacial score (nSPS) is 19.1. The van der Waals surface area contributed by atoms with Gasteiger partial charge >= 0.3 is 6.03 Å². The molecule has 2 unspecified atom stereocenters. The van der Waals surface area contributed by atoms with Crippen molar-refractivity contribution in [3.8, 4) is 0 Å². The molecule has 1 aliphatic heterocycles. The topological polar surface area (TPSA) is 86.8 Å². The van der Waals surface area contributed by atoms with Crippen molar-refractivity contribution >= 4 is 28.4 Å². The highest BCUT2D eigenvalue weighted by Gasteiger charge is 2.22. The number of benzene rings is 1. The van der Waals surface area contributed by atoms with E-state index in [2.05, 4.69) is 34.4 Å². The van der Waals surface area contributed by atoms with Gasteiger partial charge in [-0.2, -0.15) is 0 Å². The first kappa shape index (κ1) is 23.2. The molecular formula is C22H31N5O3S. The number of morpholine rings is 1. The summed E-state index contributed by atoms with van der Waals surface area (Å²) in [5.41, 5.74) is 2.00. The molecule has 1 fully saturated rings. The van der Waals surface area contributed by atoms with Gasteiger partial charge < -0.3 is 20.3 Å². The number of ether oxygens (including phenoxy) is 1. The molecule has 0 radical (unpaired) electrons. The van der Waals surface area contributed by atoms with E-state index in [0.717, 1.165) is 30.9 Å². The van der Waals surface area contributed by atoms with Crippen LogP contribution in [0.4, 0.5) is 9.93 Å². The van der Waals surface area contributed by atoms with Gasteiger partial charge in [0.1, 0.15) is 0 Å². The Morgan fingerprint density at radius 3 is 2.65 bits per heavy atom. The van der Waals surface area contributed by atoms with Gasteiger partial charge in [-0.3, -0.25) is 9.69 Å². The maximum Gasteiger partial charge on any atom is 0.317 e. The van der Waals surface area contributed by atoms with E-state index < -0.39 is 0 Å². The first-order valence-electron chi connectivity index (χ1n) is 10.5. The summed E-state index contributed by atoms with van der Waals surface area (Å²) in [6.07, 6.45) is 0.616. The van der Waals surface area contributed by atoms with Crippen molar-refractivity contribution < 1.29 is 14.3 Å². The molecule has 2 atom stereocenters. The average molecular weight is 446 g/mol. The van der Waals surface area contributed by atoms with E-state index in [-0.39, 0.29) is 37.1 Å². The summed E-state index contributed by atoms with van der Waals surface area (Å²) in [5.74, 6) is -0.166. The SMILES string of the molecule is CC1CN(Cc2csc(NC(=O)CCNC(=O)N(C)Cc3ccccc3)n2)CC(C)O1. The molecule has 0 saturated carbocycles. The van der Waals surface area contributed by atoms with Crippen molar-refractivity contribution in [2.45, 2.75) is 45.6 Å². The first-order chi connectivity index (χ1) is 14.9. The molecule has 0 aliphatic carbocycles. The van der Waals surface area contributed by atoms with Gasteiger partial charge in [0.2, 0.25) is 5.91 Å². The van der Waals surface area contributed by atoms with Crippen LogP contribution in [-0.4, -0.2) is 65.6 Å². The Hall–Kier alpha value is -2.49. The largest absolute Gasteiger partial charge is 0.373 e. The molecule has 1 aromatic carbocycles. The minimum atomic E-state index is -0.206. The predicted octanol–water partition coefficient (Wildman–Crippen LogP) is 2.92. The number of carbonyl (C=O) groups is 2. The molecule has 8 nitrogen and oxygen atoms in total. The van der Waals surface area contributed by atoms with Crippen molar-refractivity contribution in [2.24, 2.45) is 0 Å². The quantitative estimate of drug-likeness (QED) is 0.652. The van der Waals surface area contributed by atoms with Gasteiger partial charge in [-0.15, -0.1) is 11.3 Å². The van der Waals surface area contributed by atoms with E-state index in [4.69, 9.17) is 4.74 Å². The monoisotopic (exact) mass is 445 g/mol. The average Bonchev–Trinajstić information content (AvgIpc) is 3.14. The van der Waals surface area contributed by atoms with Crippen molar-refractivity contribution in [1.82, 2.24) is 20.1 Å². The molecule has 0 bridgehead atoms. The lowest BCUT2D eigenvalue weighted by molar-refractivity contribution is -0.116. The fourth-order valence-corrected chi connectivity index (χ4v) is 4.33. The summed E-state index contributed by atoms with van der Waals surface area (Å²) < 4.78 is 5.76. The third kappa shape index (κ3) is 7.61. The van der Waals surface area contributed by atoms with Gasteiger partial charge in [0.15, 0.2) is 5.13 Å². The molecule has 31 heavy (non-hydrogen) atoms. The number of rotatable bonds is 8. The number of urea groups is 1. The Balaban J connectivity index is 1.36. The second-order valence-corrected chi connectivity index (χ2v) is 8.83. The number of thiazole rings is 1. The van der Waals surface area contributed by atoms with Crippen LogP contribution in [0, 0.1) is 0 Å². The zero-order valence-electron chi connectivity index (χ0n) is 18.3. The van der Waals surface area contributed by atoms with E-state index in [1.807, 2.05) is 35.7 Å². The van der Waals surface area contributed by atoms with Gasteiger partial charge in [-0.05, 0) is 19.4 Å². The second kappa shape index (κ2) is 11.2. The molecule has 3 rings (SSSR count). The van der Waals surface area contributed by atoms with E-state index >= 15 is 0 Å². The molecule has 3 amide bonds. The van der Waals surface area contributed by atoms with Crippen LogP contribution in [0.5, 0.6) is 0 Å². The van der Waals surface area contributed by atoms with Gasteiger partial charge in [0.05, 0.1) is 17.9 Å². The van der Waals surface area contributed by atoms with E-state index in [9.17, 15) is 9.59 Å². The van der Waals surface area contributed by atoms with Crippen LogP contribution < -0.4 is 10.6 Å². The highest BCUT2D eigenvalue weighted by molar-refractivity contribution is 7.13. The molecule has 9 heteroatoms. The van der Waals surface area contributed by atoms with Crippen molar-refractivity contribution in [3.63, 3.8) is 0 Å². The number of nitrogens with one attached hydrogen (secondary N) is 2. The number of carbonyl (C=O) groups excluding carboxylic acids is 2. The second-order valence-electron chi connectivity index (χ2n) is 7.97. The van der Waals surface area contributed by atoms with E-state index in [1.165, 1.54) is 11.3 Å². The molecule has 1 saturated heterocycles. The highest BCUT2D eigenvalue weighted by atomic mass is 32.1. The molecule has 1 aromatic heterocycles. The summed E-state index contributed by atoms with van der Waals surface area (Å²) >= 11 is 1.42. The Kier molecular flexibility index (Phi) is 8.39. The van der Waals surface area contributed by atoms with Crippen LogP contribution in [0.3, 0.4) is 0 Å². The Labute approximate surface area is 187 Å². The van der Waals surface area contributed by atoms with E-state index in [1.54, 1.807) is 11.9 Å². The first-order valence-corrected chi connectivity index (χ1v) is 11.4. The van der Waals surface area contributed by atoms with Crippen molar-refractivity contribution in [2.75, 3.05) is 32.0 Å². The third-order valence-corrected chi connectivity index (χ3v) is 5.72. The lowest BCUT2D eigenvalue weighted by Crippen LogP contribution is -2.44. The lowest BCUT2D eigenvalue weighted by atomic mass is 10.2. The number of hydrogen-bond donors (Lipinski definition) is 2. The van der Waals surface area contributed by atoms with Crippen molar-refractivity contribution in [1.29, 1.82) is 0 Å². The molecule has 0 spiro atoms. The Bertz CT molecular complexity index is 850. The van der Waals surface area contributed by atoms with Gasteiger partial charge in [0.25, 0.3) is 0 Å². The van der Waals surface area contributed by atoms with Crippen molar-refractivity contribution in [3.05, 3.63) is 47.0 Å². The molecule has 2 heterocycles. The number of amides is 3. The van der Waals surface area contributed by atoms with Crippen LogP contribution in [0.15, 0.2) is 35.7 Å². The zero-order valence-corrected chi connectivity index (χ0v) is 19.2. The smallest absolute Gasteiger partial charge is 0.317 e. The summed E-state index contributed by atoms with van der Waals surface area (Å²) in [4.78, 5) is 32.8. The molecule has 2 N–H and O–H groups in total. The summed E-state index contributed by atoms with van der Waals surface area (Å²) in [5, 5.41) is 8.16. The molecule has 1 aliphatic rings. The minimum Gasteiger partial charge on any atom is -0.373 e. The molecule has 168 valence electrons.